The van der Waals surface area contributed by atoms with Crippen molar-refractivity contribution in [2.45, 2.75) is 12.5 Å². The van der Waals surface area contributed by atoms with E-state index in [0.29, 0.717) is 0 Å². The first-order chi connectivity index (χ1) is 8.13. The summed E-state index contributed by atoms with van der Waals surface area (Å²) >= 11 is 0. The summed E-state index contributed by atoms with van der Waals surface area (Å²) in [6, 6.07) is 9.77. The first-order valence-corrected chi connectivity index (χ1v) is 5.66. The molecular weight excluding hydrogens is 250 g/mol. The fourth-order valence-corrected chi connectivity index (χ4v) is 1.53. The van der Waals surface area contributed by atoms with Crippen molar-refractivity contribution in [1.29, 1.82) is 0 Å². The summed E-state index contributed by atoms with van der Waals surface area (Å²) in [5, 5.41) is 0. The molecular formula is C14H20ClNO2. The predicted octanol–water partition coefficient (Wildman–Crippen LogP) is 2.83. The van der Waals surface area contributed by atoms with E-state index in [1.807, 2.05) is 44.4 Å². The van der Waals surface area contributed by atoms with Crippen molar-refractivity contribution < 1.29 is 9.53 Å². The molecule has 0 saturated carbocycles. The minimum absolute atomic E-state index is 0. The van der Waals surface area contributed by atoms with Crippen molar-refractivity contribution in [2.75, 3.05) is 20.6 Å². The lowest BCUT2D eigenvalue weighted by atomic mass is 10.1. The zero-order valence-corrected chi connectivity index (χ0v) is 11.7. The molecule has 0 N–H and O–H groups in total. The van der Waals surface area contributed by atoms with Gasteiger partial charge in [-0.25, -0.2) is 4.79 Å². The lowest BCUT2D eigenvalue weighted by Crippen LogP contribution is -2.18. The van der Waals surface area contributed by atoms with Crippen LogP contribution in [0.25, 0.3) is 0 Å². The minimum Gasteiger partial charge on any atom is -0.454 e. The van der Waals surface area contributed by atoms with E-state index in [1.54, 1.807) is 0 Å². The van der Waals surface area contributed by atoms with E-state index < -0.39 is 0 Å². The van der Waals surface area contributed by atoms with Gasteiger partial charge in [-0.05, 0) is 19.7 Å². The summed E-state index contributed by atoms with van der Waals surface area (Å²) < 4.78 is 5.35. The Morgan fingerprint density at radius 2 is 2.00 bits per heavy atom. The van der Waals surface area contributed by atoms with Crippen LogP contribution in [0.1, 0.15) is 18.1 Å². The predicted molar refractivity (Wildman–Crippen MR) is 75.9 cm³/mol. The second-order valence-corrected chi connectivity index (χ2v) is 4.13. The number of benzene rings is 1. The molecule has 0 radical (unpaired) electrons. The average molecular weight is 270 g/mol. The lowest BCUT2D eigenvalue weighted by molar-refractivity contribution is -0.143. The number of carbonyl (C=O) groups is 1. The number of carbonyl (C=O) groups excluding carboxylic acids is 1. The molecule has 0 fully saturated rings. The van der Waals surface area contributed by atoms with Crippen LogP contribution in [0.3, 0.4) is 0 Å². The van der Waals surface area contributed by atoms with E-state index in [0.717, 1.165) is 18.5 Å². The molecule has 1 unspecified atom stereocenters. The second kappa shape index (κ2) is 8.72. The number of rotatable bonds is 6. The first-order valence-electron chi connectivity index (χ1n) is 5.66. The third-order valence-electron chi connectivity index (χ3n) is 2.43. The Balaban J connectivity index is 0.00000289. The smallest absolute Gasteiger partial charge is 0.330 e. The van der Waals surface area contributed by atoms with E-state index >= 15 is 0 Å². The molecule has 0 amide bonds. The summed E-state index contributed by atoms with van der Waals surface area (Å²) in [7, 11) is 3.99. The maximum Gasteiger partial charge on any atom is 0.330 e. The third-order valence-corrected chi connectivity index (χ3v) is 2.43. The van der Waals surface area contributed by atoms with Gasteiger partial charge in [-0.3, -0.25) is 0 Å². The van der Waals surface area contributed by atoms with Crippen LogP contribution >= 0.6 is 12.4 Å². The van der Waals surface area contributed by atoms with E-state index in [2.05, 4.69) is 11.5 Å². The van der Waals surface area contributed by atoms with E-state index in [9.17, 15) is 4.79 Å². The highest BCUT2D eigenvalue weighted by Gasteiger charge is 2.15. The van der Waals surface area contributed by atoms with Crippen LogP contribution in [0.5, 0.6) is 0 Å². The Labute approximate surface area is 115 Å². The minimum atomic E-state index is -0.377. The topological polar surface area (TPSA) is 29.5 Å². The quantitative estimate of drug-likeness (QED) is 0.588. The molecule has 0 saturated heterocycles. The van der Waals surface area contributed by atoms with Crippen LogP contribution in [0.15, 0.2) is 43.0 Å². The van der Waals surface area contributed by atoms with Gasteiger partial charge in [-0.15, -0.1) is 12.4 Å². The standard InChI is InChI=1S/C14H19NO2.ClH/c1-4-14(16)17-13(10-11-15(2)3)12-8-6-5-7-9-12;/h4-9,13H,1,10-11H2,2-3H3;1H. The van der Waals surface area contributed by atoms with E-state index in [-0.39, 0.29) is 24.5 Å². The molecule has 0 aliphatic heterocycles. The molecule has 1 aromatic rings. The van der Waals surface area contributed by atoms with Gasteiger partial charge in [0.1, 0.15) is 6.10 Å². The summed E-state index contributed by atoms with van der Waals surface area (Å²) in [6.45, 7) is 4.28. The number of hydrogen-bond acceptors (Lipinski definition) is 3. The zero-order chi connectivity index (χ0) is 12.7. The molecule has 1 rings (SSSR count). The average Bonchev–Trinajstić information content (AvgIpc) is 2.35. The monoisotopic (exact) mass is 269 g/mol. The van der Waals surface area contributed by atoms with Gasteiger partial charge in [-0.1, -0.05) is 36.9 Å². The van der Waals surface area contributed by atoms with Gasteiger partial charge in [0.25, 0.3) is 0 Å². The van der Waals surface area contributed by atoms with Gasteiger partial charge in [0.2, 0.25) is 0 Å². The molecule has 0 aliphatic carbocycles. The number of nitrogens with zero attached hydrogens (tertiary/aromatic N) is 1. The molecule has 18 heavy (non-hydrogen) atoms. The fourth-order valence-electron chi connectivity index (χ4n) is 1.53. The molecule has 0 aromatic heterocycles. The first kappa shape index (κ1) is 16.7. The Kier molecular flexibility index (Phi) is 8.08. The van der Waals surface area contributed by atoms with Crippen LogP contribution in [0.4, 0.5) is 0 Å². The Hall–Kier alpha value is -1.32. The van der Waals surface area contributed by atoms with Gasteiger partial charge in [0, 0.05) is 19.0 Å². The molecule has 3 nitrogen and oxygen atoms in total. The molecule has 0 aliphatic rings. The molecule has 1 atom stereocenters. The van der Waals surface area contributed by atoms with Crippen molar-refractivity contribution in [3.8, 4) is 0 Å². The van der Waals surface area contributed by atoms with Crippen molar-refractivity contribution in [2.24, 2.45) is 0 Å². The highest BCUT2D eigenvalue weighted by Crippen LogP contribution is 2.21. The Bertz CT molecular complexity index is 365. The van der Waals surface area contributed by atoms with Gasteiger partial charge >= 0.3 is 5.97 Å². The SMILES string of the molecule is C=CC(=O)OC(CCN(C)C)c1ccccc1.Cl. The number of hydrogen-bond donors (Lipinski definition) is 0. The maximum atomic E-state index is 11.3. The van der Waals surface area contributed by atoms with Crippen LogP contribution < -0.4 is 0 Å². The highest BCUT2D eigenvalue weighted by molar-refractivity contribution is 5.85. The van der Waals surface area contributed by atoms with Crippen LogP contribution in [0, 0.1) is 0 Å². The molecule has 4 heteroatoms. The molecule has 0 spiro atoms. The Morgan fingerprint density at radius 3 is 2.50 bits per heavy atom. The summed E-state index contributed by atoms with van der Waals surface area (Å²) in [4.78, 5) is 13.4. The molecule has 1 aromatic carbocycles. The van der Waals surface area contributed by atoms with Crippen LogP contribution in [-0.2, 0) is 9.53 Å². The largest absolute Gasteiger partial charge is 0.454 e. The maximum absolute atomic E-state index is 11.3. The van der Waals surface area contributed by atoms with Crippen molar-refractivity contribution in [1.82, 2.24) is 4.90 Å². The van der Waals surface area contributed by atoms with Crippen LogP contribution in [0.2, 0.25) is 0 Å². The summed E-state index contributed by atoms with van der Waals surface area (Å²) in [5.74, 6) is -0.377. The number of esters is 1. The highest BCUT2D eigenvalue weighted by atomic mass is 35.5. The van der Waals surface area contributed by atoms with Gasteiger partial charge in [0.05, 0.1) is 0 Å². The van der Waals surface area contributed by atoms with Crippen LogP contribution in [-0.4, -0.2) is 31.5 Å². The molecule has 0 bridgehead atoms. The van der Waals surface area contributed by atoms with Gasteiger partial charge in [0.15, 0.2) is 0 Å². The number of ether oxygens (including phenoxy) is 1. The second-order valence-electron chi connectivity index (χ2n) is 4.13. The lowest BCUT2D eigenvalue weighted by Gasteiger charge is -2.19. The van der Waals surface area contributed by atoms with E-state index in [4.69, 9.17) is 4.74 Å². The van der Waals surface area contributed by atoms with Gasteiger partial charge in [-0.2, -0.15) is 0 Å². The molecule has 100 valence electrons. The van der Waals surface area contributed by atoms with Crippen molar-refractivity contribution in [3.05, 3.63) is 48.6 Å². The zero-order valence-electron chi connectivity index (χ0n) is 10.8. The third kappa shape index (κ3) is 5.84. The summed E-state index contributed by atoms with van der Waals surface area (Å²) in [6.07, 6.45) is 1.77. The normalized spacial score (nSPS) is 11.5. The number of halogens is 1. The van der Waals surface area contributed by atoms with E-state index in [1.165, 1.54) is 6.08 Å². The van der Waals surface area contributed by atoms with Crippen molar-refractivity contribution >= 4 is 18.4 Å². The van der Waals surface area contributed by atoms with Crippen molar-refractivity contribution in [3.63, 3.8) is 0 Å². The van der Waals surface area contributed by atoms with Gasteiger partial charge < -0.3 is 9.64 Å². The molecule has 0 heterocycles. The Morgan fingerprint density at radius 1 is 1.39 bits per heavy atom. The summed E-state index contributed by atoms with van der Waals surface area (Å²) in [5.41, 5.74) is 1.02. The fraction of sp³-hybridized carbons (Fsp3) is 0.357.